The smallest absolute Gasteiger partial charge is 0.223 e. The number of sulfonamides is 1. The van der Waals surface area contributed by atoms with Crippen molar-refractivity contribution in [3.63, 3.8) is 0 Å². The molecule has 0 aromatic heterocycles. The van der Waals surface area contributed by atoms with Crippen LogP contribution in [0, 0.1) is 0 Å². The van der Waals surface area contributed by atoms with E-state index in [2.05, 4.69) is 4.72 Å². The van der Waals surface area contributed by atoms with Gasteiger partial charge in [0.05, 0.1) is 5.75 Å². The predicted octanol–water partition coefficient (Wildman–Crippen LogP) is 3.46. The first-order chi connectivity index (χ1) is 12.3. The number of amides is 1. The van der Waals surface area contributed by atoms with E-state index in [9.17, 15) is 13.2 Å². The van der Waals surface area contributed by atoms with Crippen molar-refractivity contribution >= 4 is 39.1 Å². The predicted molar refractivity (Wildman–Crippen MR) is 105 cm³/mol. The average molecular weight is 415 g/mol. The number of nitrogens with one attached hydrogen (secondary N) is 1. The minimum atomic E-state index is -3.65. The molecule has 2 aromatic carbocycles. The molecule has 2 rings (SSSR count). The van der Waals surface area contributed by atoms with Crippen LogP contribution in [0.5, 0.6) is 0 Å². The lowest BCUT2D eigenvalue weighted by atomic mass is 10.2. The number of rotatable bonds is 8. The Hall–Kier alpha value is -1.60. The van der Waals surface area contributed by atoms with Crippen LogP contribution in [0.3, 0.4) is 0 Å². The lowest BCUT2D eigenvalue weighted by Gasteiger charge is -2.17. The highest BCUT2D eigenvalue weighted by Crippen LogP contribution is 2.25. The Kier molecular flexibility index (Phi) is 7.46. The van der Waals surface area contributed by atoms with Gasteiger partial charge in [-0.15, -0.1) is 0 Å². The molecule has 8 heteroatoms. The number of halogens is 2. The lowest BCUT2D eigenvalue weighted by Crippen LogP contribution is -2.32. The van der Waals surface area contributed by atoms with Crippen LogP contribution < -0.4 is 4.72 Å². The second-order valence-electron chi connectivity index (χ2n) is 5.84. The zero-order chi connectivity index (χ0) is 19.2. The summed E-state index contributed by atoms with van der Waals surface area (Å²) in [5, 5.41) is 0.586. The van der Waals surface area contributed by atoms with Crippen molar-refractivity contribution in [1.82, 2.24) is 9.62 Å². The summed E-state index contributed by atoms with van der Waals surface area (Å²) in [6, 6.07) is 14.4. The lowest BCUT2D eigenvalue weighted by molar-refractivity contribution is -0.130. The molecular weight excluding hydrogens is 395 g/mol. The zero-order valence-electron chi connectivity index (χ0n) is 14.3. The quantitative estimate of drug-likeness (QED) is 0.718. The maximum Gasteiger partial charge on any atom is 0.223 e. The van der Waals surface area contributed by atoms with E-state index in [4.69, 9.17) is 23.2 Å². The Morgan fingerprint density at radius 1 is 1.04 bits per heavy atom. The summed E-state index contributed by atoms with van der Waals surface area (Å²) in [5.74, 6) is -0.480. The monoisotopic (exact) mass is 414 g/mol. The summed E-state index contributed by atoms with van der Waals surface area (Å²) in [5.41, 5.74) is 1.35. The summed E-state index contributed by atoms with van der Waals surface area (Å²) in [6.45, 7) is 0.490. The topological polar surface area (TPSA) is 66.5 Å². The Morgan fingerprint density at radius 2 is 1.65 bits per heavy atom. The molecule has 1 N–H and O–H groups in total. The number of hydrogen-bond donors (Lipinski definition) is 1. The van der Waals surface area contributed by atoms with E-state index in [1.807, 2.05) is 30.3 Å². The second kappa shape index (κ2) is 9.37. The van der Waals surface area contributed by atoms with Crippen LogP contribution in [0.15, 0.2) is 48.5 Å². The van der Waals surface area contributed by atoms with Gasteiger partial charge in [0.15, 0.2) is 0 Å². The van der Waals surface area contributed by atoms with Crippen LogP contribution in [0.25, 0.3) is 0 Å². The number of hydrogen-bond acceptors (Lipinski definition) is 3. The van der Waals surface area contributed by atoms with Gasteiger partial charge in [-0.1, -0.05) is 59.6 Å². The third-order valence-electron chi connectivity index (χ3n) is 3.75. The number of nitrogens with zero attached hydrogens (tertiary/aromatic N) is 1. The van der Waals surface area contributed by atoms with Crippen molar-refractivity contribution in [2.45, 2.75) is 18.7 Å². The Labute approximate surface area is 164 Å². The van der Waals surface area contributed by atoms with Crippen molar-refractivity contribution < 1.29 is 13.2 Å². The molecular formula is C18H20Cl2N2O3S. The average Bonchev–Trinajstić information content (AvgIpc) is 2.59. The molecule has 0 saturated carbocycles. The van der Waals surface area contributed by atoms with E-state index in [1.54, 1.807) is 30.1 Å². The van der Waals surface area contributed by atoms with Gasteiger partial charge in [0, 0.05) is 42.2 Å². The highest BCUT2D eigenvalue weighted by atomic mass is 35.5. The van der Waals surface area contributed by atoms with Gasteiger partial charge in [0.25, 0.3) is 0 Å². The summed E-state index contributed by atoms with van der Waals surface area (Å²) in [6.07, 6.45) is 0.0683. The third-order valence-corrected chi connectivity index (χ3v) is 5.77. The molecule has 0 radical (unpaired) electrons. The number of benzene rings is 2. The molecule has 26 heavy (non-hydrogen) atoms. The molecule has 0 unspecified atom stereocenters. The fourth-order valence-electron chi connectivity index (χ4n) is 2.36. The summed E-state index contributed by atoms with van der Waals surface area (Å²) >= 11 is 12.0. The molecule has 0 atom stereocenters. The number of carbonyl (C=O) groups excluding carboxylic acids is 1. The van der Waals surface area contributed by atoms with E-state index in [0.29, 0.717) is 22.2 Å². The molecule has 0 spiro atoms. The van der Waals surface area contributed by atoms with Gasteiger partial charge in [0.2, 0.25) is 15.9 Å². The summed E-state index contributed by atoms with van der Waals surface area (Å²) in [7, 11) is -1.96. The Bertz CT molecular complexity index is 838. The molecule has 1 amide bonds. The first-order valence-corrected chi connectivity index (χ1v) is 10.4. The van der Waals surface area contributed by atoms with Crippen molar-refractivity contribution in [1.29, 1.82) is 0 Å². The molecule has 0 heterocycles. The van der Waals surface area contributed by atoms with Crippen LogP contribution in [0.4, 0.5) is 0 Å². The van der Waals surface area contributed by atoms with Gasteiger partial charge < -0.3 is 4.90 Å². The largest absolute Gasteiger partial charge is 0.341 e. The SMILES string of the molecule is CN(Cc1ccccc1)C(=O)CCNS(=O)(=O)Cc1c(Cl)cccc1Cl. The van der Waals surface area contributed by atoms with Crippen molar-refractivity contribution in [3.8, 4) is 0 Å². The van der Waals surface area contributed by atoms with Crippen molar-refractivity contribution in [3.05, 3.63) is 69.7 Å². The molecule has 0 aliphatic rings. The molecule has 0 fully saturated rings. The van der Waals surface area contributed by atoms with E-state index >= 15 is 0 Å². The summed E-state index contributed by atoms with van der Waals surface area (Å²) < 4.78 is 26.8. The maximum atomic E-state index is 12.2. The minimum absolute atomic E-state index is 0.0162. The molecule has 5 nitrogen and oxygen atoms in total. The van der Waals surface area contributed by atoms with Crippen LogP contribution in [-0.4, -0.2) is 32.8 Å². The molecule has 0 aliphatic carbocycles. The summed E-state index contributed by atoms with van der Waals surface area (Å²) in [4.78, 5) is 13.7. The van der Waals surface area contributed by atoms with Crippen molar-refractivity contribution in [2.24, 2.45) is 0 Å². The molecule has 0 saturated heterocycles. The van der Waals surface area contributed by atoms with E-state index < -0.39 is 10.0 Å². The first kappa shape index (κ1) is 20.7. The van der Waals surface area contributed by atoms with Crippen LogP contribution in [0.1, 0.15) is 17.5 Å². The van der Waals surface area contributed by atoms with Gasteiger partial charge in [-0.2, -0.15) is 0 Å². The fourth-order valence-corrected chi connectivity index (χ4v) is 4.26. The van der Waals surface area contributed by atoms with Gasteiger partial charge in [0.1, 0.15) is 0 Å². The van der Waals surface area contributed by atoms with Crippen molar-refractivity contribution in [2.75, 3.05) is 13.6 Å². The van der Waals surface area contributed by atoms with Gasteiger partial charge in [-0.05, 0) is 17.7 Å². The maximum absolute atomic E-state index is 12.2. The Balaban J connectivity index is 1.85. The van der Waals surface area contributed by atoms with E-state index in [-0.39, 0.29) is 24.6 Å². The highest BCUT2D eigenvalue weighted by molar-refractivity contribution is 7.88. The highest BCUT2D eigenvalue weighted by Gasteiger charge is 2.17. The number of carbonyl (C=O) groups is 1. The first-order valence-electron chi connectivity index (χ1n) is 7.96. The molecule has 0 aliphatic heterocycles. The second-order valence-corrected chi connectivity index (χ2v) is 8.46. The fraction of sp³-hybridized carbons (Fsp3) is 0.278. The zero-order valence-corrected chi connectivity index (χ0v) is 16.6. The molecule has 140 valence electrons. The van der Waals surface area contributed by atoms with Crippen LogP contribution in [0.2, 0.25) is 10.0 Å². The standard InChI is InChI=1S/C18H20Cl2N2O3S/c1-22(12-14-6-3-2-4-7-14)18(23)10-11-21-26(24,25)13-15-16(19)8-5-9-17(15)20/h2-9,21H,10-13H2,1H3. The minimum Gasteiger partial charge on any atom is -0.341 e. The molecule has 0 bridgehead atoms. The molecule has 2 aromatic rings. The third kappa shape index (κ3) is 6.29. The van der Waals surface area contributed by atoms with Gasteiger partial charge in [-0.3, -0.25) is 4.79 Å². The van der Waals surface area contributed by atoms with Crippen LogP contribution in [-0.2, 0) is 27.1 Å². The van der Waals surface area contributed by atoms with Crippen LogP contribution >= 0.6 is 23.2 Å². The van der Waals surface area contributed by atoms with Gasteiger partial charge in [-0.25, -0.2) is 13.1 Å². The Morgan fingerprint density at radius 3 is 2.27 bits per heavy atom. The van der Waals surface area contributed by atoms with Gasteiger partial charge >= 0.3 is 0 Å². The van der Waals surface area contributed by atoms with E-state index in [0.717, 1.165) is 5.56 Å². The normalized spacial score (nSPS) is 11.3. The van der Waals surface area contributed by atoms with E-state index in [1.165, 1.54) is 0 Å².